The van der Waals surface area contributed by atoms with Gasteiger partial charge in [0.1, 0.15) is 5.82 Å². The molecule has 0 aromatic heterocycles. The minimum absolute atomic E-state index is 0.0433. The van der Waals surface area contributed by atoms with Crippen molar-refractivity contribution in [3.05, 3.63) is 74.5 Å². The smallest absolute Gasteiger partial charge is 0.269 e. The van der Waals surface area contributed by atoms with Gasteiger partial charge in [0.05, 0.1) is 11.5 Å². The van der Waals surface area contributed by atoms with Crippen LogP contribution in [-0.2, 0) is 17.9 Å². The number of hydrogen-bond acceptors (Lipinski definition) is 4. The Morgan fingerprint density at radius 2 is 1.93 bits per heavy atom. The highest BCUT2D eigenvalue weighted by molar-refractivity contribution is 6.31. The zero-order chi connectivity index (χ0) is 20.3. The van der Waals surface area contributed by atoms with Gasteiger partial charge < -0.3 is 4.90 Å². The lowest BCUT2D eigenvalue weighted by Gasteiger charge is -2.26. The van der Waals surface area contributed by atoms with E-state index < -0.39 is 4.92 Å². The Kier molecular flexibility index (Phi) is 6.26. The Bertz CT molecular complexity index is 889. The van der Waals surface area contributed by atoms with Gasteiger partial charge in [-0.3, -0.25) is 19.8 Å². The van der Waals surface area contributed by atoms with Crippen LogP contribution in [0, 0.1) is 15.9 Å². The van der Waals surface area contributed by atoms with E-state index in [-0.39, 0.29) is 36.5 Å². The topological polar surface area (TPSA) is 66.7 Å². The lowest BCUT2D eigenvalue weighted by atomic mass is 10.2. The summed E-state index contributed by atoms with van der Waals surface area (Å²) in [6.45, 7) is 0.649. The first-order valence-corrected chi connectivity index (χ1v) is 9.37. The molecule has 1 amide bonds. The van der Waals surface area contributed by atoms with E-state index in [1.165, 1.54) is 24.3 Å². The second-order valence-corrected chi connectivity index (χ2v) is 7.46. The van der Waals surface area contributed by atoms with E-state index in [2.05, 4.69) is 0 Å². The molecule has 1 aliphatic carbocycles. The molecule has 28 heavy (non-hydrogen) atoms. The lowest BCUT2D eigenvalue weighted by Crippen LogP contribution is -2.40. The maximum Gasteiger partial charge on any atom is 0.269 e. The molecule has 0 unspecified atom stereocenters. The van der Waals surface area contributed by atoms with Crippen LogP contribution in [0.5, 0.6) is 0 Å². The first kappa shape index (κ1) is 20.2. The van der Waals surface area contributed by atoms with Crippen molar-refractivity contribution >= 4 is 23.2 Å². The van der Waals surface area contributed by atoms with Crippen LogP contribution in [0.4, 0.5) is 10.1 Å². The molecule has 0 heterocycles. The summed E-state index contributed by atoms with van der Waals surface area (Å²) in [4.78, 5) is 26.8. The van der Waals surface area contributed by atoms with Gasteiger partial charge in [-0.05, 0) is 37.6 Å². The molecule has 1 fully saturated rings. The molecule has 0 N–H and O–H groups in total. The minimum atomic E-state index is -0.478. The number of halogens is 2. The number of likely N-dealkylation sites (N-methyl/N-ethyl adjacent to an activating group) is 1. The molecule has 3 rings (SSSR count). The Balaban J connectivity index is 1.66. The fourth-order valence-corrected chi connectivity index (χ4v) is 3.26. The van der Waals surface area contributed by atoms with Crippen LogP contribution in [0.25, 0.3) is 0 Å². The van der Waals surface area contributed by atoms with Crippen LogP contribution >= 0.6 is 11.6 Å². The van der Waals surface area contributed by atoms with Gasteiger partial charge in [-0.25, -0.2) is 4.39 Å². The summed E-state index contributed by atoms with van der Waals surface area (Å²) in [5.41, 5.74) is 1.03. The van der Waals surface area contributed by atoms with E-state index in [1.807, 2.05) is 0 Å². The average molecular weight is 406 g/mol. The fourth-order valence-electron chi connectivity index (χ4n) is 3.08. The van der Waals surface area contributed by atoms with Gasteiger partial charge in [-0.1, -0.05) is 29.8 Å². The molecule has 2 aromatic rings. The van der Waals surface area contributed by atoms with Crippen LogP contribution in [0.2, 0.25) is 5.02 Å². The number of nitro benzene ring substituents is 1. The third kappa shape index (κ3) is 5.05. The molecule has 1 aliphatic rings. The summed E-state index contributed by atoms with van der Waals surface area (Å²) in [7, 11) is 1.75. The molecule has 0 atom stereocenters. The molecule has 0 radical (unpaired) electrons. The third-order valence-corrected chi connectivity index (χ3v) is 5.06. The number of carbonyl (C=O) groups excluding carboxylic acids is 1. The summed E-state index contributed by atoms with van der Waals surface area (Å²) in [5.74, 6) is -0.424. The molecule has 2 aromatic carbocycles. The van der Waals surface area contributed by atoms with Crippen LogP contribution in [0.1, 0.15) is 24.0 Å². The molecule has 0 spiro atoms. The number of nitro groups is 1. The number of hydrogen-bond donors (Lipinski definition) is 0. The molecule has 0 bridgehead atoms. The van der Waals surface area contributed by atoms with Crippen molar-refractivity contribution in [1.29, 1.82) is 0 Å². The van der Waals surface area contributed by atoms with Crippen LogP contribution in [0.3, 0.4) is 0 Å². The molecule has 0 aliphatic heterocycles. The molecule has 8 heteroatoms. The monoisotopic (exact) mass is 405 g/mol. The Morgan fingerprint density at radius 3 is 2.57 bits per heavy atom. The number of carbonyl (C=O) groups is 1. The normalized spacial score (nSPS) is 13.6. The number of amides is 1. The Hall–Kier alpha value is -2.51. The van der Waals surface area contributed by atoms with E-state index >= 15 is 0 Å². The molecular weight excluding hydrogens is 385 g/mol. The van der Waals surface area contributed by atoms with Crippen molar-refractivity contribution < 1.29 is 14.1 Å². The van der Waals surface area contributed by atoms with Gasteiger partial charge in [0.15, 0.2) is 0 Å². The number of non-ortho nitro benzene ring substituents is 1. The van der Waals surface area contributed by atoms with Crippen molar-refractivity contribution in [2.75, 3.05) is 13.6 Å². The zero-order valence-electron chi connectivity index (χ0n) is 15.5. The lowest BCUT2D eigenvalue weighted by molar-refractivity contribution is -0.384. The van der Waals surface area contributed by atoms with E-state index in [0.29, 0.717) is 22.7 Å². The molecule has 148 valence electrons. The van der Waals surface area contributed by atoms with Gasteiger partial charge in [-0.2, -0.15) is 0 Å². The summed E-state index contributed by atoms with van der Waals surface area (Å²) < 4.78 is 14.0. The largest absolute Gasteiger partial charge is 0.334 e. The first-order valence-electron chi connectivity index (χ1n) is 8.99. The van der Waals surface area contributed by atoms with Crippen molar-refractivity contribution in [3.8, 4) is 0 Å². The molecule has 1 saturated carbocycles. The van der Waals surface area contributed by atoms with E-state index in [0.717, 1.165) is 12.8 Å². The van der Waals surface area contributed by atoms with E-state index in [1.54, 1.807) is 35.0 Å². The summed E-state index contributed by atoms with van der Waals surface area (Å²) in [6, 6.07) is 10.8. The molecule has 6 nitrogen and oxygen atoms in total. The predicted molar refractivity (Wildman–Crippen MR) is 104 cm³/mol. The van der Waals surface area contributed by atoms with Gasteiger partial charge in [0.2, 0.25) is 5.91 Å². The highest BCUT2D eigenvalue weighted by Crippen LogP contribution is 2.29. The van der Waals surface area contributed by atoms with Gasteiger partial charge >= 0.3 is 0 Å². The summed E-state index contributed by atoms with van der Waals surface area (Å²) in [5, 5.41) is 11.4. The Labute approximate surface area is 167 Å². The minimum Gasteiger partial charge on any atom is -0.334 e. The van der Waals surface area contributed by atoms with Crippen LogP contribution < -0.4 is 0 Å². The van der Waals surface area contributed by atoms with Crippen molar-refractivity contribution in [2.24, 2.45) is 0 Å². The molecular formula is C20H21ClFN3O3. The molecule has 0 saturated heterocycles. The maximum atomic E-state index is 14.0. The van der Waals surface area contributed by atoms with Crippen molar-refractivity contribution in [3.63, 3.8) is 0 Å². The number of nitrogens with zero attached hydrogens (tertiary/aromatic N) is 3. The number of benzene rings is 2. The first-order chi connectivity index (χ1) is 13.3. The summed E-state index contributed by atoms with van der Waals surface area (Å²) >= 11 is 6.14. The van der Waals surface area contributed by atoms with Gasteiger partial charge in [0, 0.05) is 41.9 Å². The maximum absolute atomic E-state index is 14.0. The second-order valence-electron chi connectivity index (χ2n) is 7.05. The standard InChI is InChI=1S/C20H21ClFN3O3/c1-23(11-15-10-17(25(27)28)8-9-18(15)21)13-20(26)24(16-6-7-16)12-14-4-2-3-5-19(14)22/h2-5,8-10,16H,6-7,11-13H2,1H3. The number of rotatable bonds is 8. The highest BCUT2D eigenvalue weighted by Gasteiger charge is 2.33. The van der Waals surface area contributed by atoms with Crippen molar-refractivity contribution in [2.45, 2.75) is 32.0 Å². The Morgan fingerprint density at radius 1 is 1.21 bits per heavy atom. The van der Waals surface area contributed by atoms with Crippen LogP contribution in [-0.4, -0.2) is 40.3 Å². The quantitative estimate of drug-likeness (QED) is 0.491. The predicted octanol–water partition coefficient (Wildman–Crippen LogP) is 4.01. The van der Waals surface area contributed by atoms with Gasteiger partial charge in [-0.15, -0.1) is 0 Å². The summed E-state index contributed by atoms with van der Waals surface area (Å²) in [6.07, 6.45) is 1.83. The van der Waals surface area contributed by atoms with Gasteiger partial charge in [0.25, 0.3) is 5.69 Å². The average Bonchev–Trinajstić information content (AvgIpc) is 3.47. The van der Waals surface area contributed by atoms with Crippen LogP contribution in [0.15, 0.2) is 42.5 Å². The van der Waals surface area contributed by atoms with Crippen molar-refractivity contribution in [1.82, 2.24) is 9.80 Å². The zero-order valence-corrected chi connectivity index (χ0v) is 16.2. The van der Waals surface area contributed by atoms with E-state index in [9.17, 15) is 19.3 Å². The fraction of sp³-hybridized carbons (Fsp3) is 0.350. The second kappa shape index (κ2) is 8.67. The third-order valence-electron chi connectivity index (χ3n) is 4.69. The van der Waals surface area contributed by atoms with E-state index in [4.69, 9.17) is 11.6 Å². The SMILES string of the molecule is CN(CC(=O)N(Cc1ccccc1F)C1CC1)Cc1cc([N+](=O)[O-])ccc1Cl. The highest BCUT2D eigenvalue weighted by atomic mass is 35.5.